The number of hydrogen-bond donors (Lipinski definition) is 0. The van der Waals surface area contributed by atoms with Gasteiger partial charge in [-0.15, -0.1) is 0 Å². The van der Waals surface area contributed by atoms with E-state index in [4.69, 9.17) is 8.92 Å². The molecule has 2 aromatic carbocycles. The second kappa shape index (κ2) is 7.87. The van der Waals surface area contributed by atoms with Crippen LogP contribution in [0.5, 0.6) is 11.5 Å². The zero-order valence-electron chi connectivity index (χ0n) is 15.3. The van der Waals surface area contributed by atoms with Gasteiger partial charge in [-0.1, -0.05) is 6.92 Å². The van der Waals surface area contributed by atoms with Gasteiger partial charge in [0.2, 0.25) is 0 Å². The van der Waals surface area contributed by atoms with Crippen molar-refractivity contribution in [2.24, 2.45) is 0 Å². The summed E-state index contributed by atoms with van der Waals surface area (Å²) in [5, 5.41) is 0. The highest BCUT2D eigenvalue weighted by Crippen LogP contribution is 2.25. The van der Waals surface area contributed by atoms with Gasteiger partial charge in [0.1, 0.15) is 16.4 Å². The van der Waals surface area contributed by atoms with Gasteiger partial charge in [-0.2, -0.15) is 8.42 Å². The summed E-state index contributed by atoms with van der Waals surface area (Å²) in [6.45, 7) is 4.01. The smallest absolute Gasteiger partial charge is 0.339 e. The Kier molecular flexibility index (Phi) is 5.55. The van der Waals surface area contributed by atoms with E-state index in [2.05, 4.69) is 0 Å². The Morgan fingerprint density at radius 2 is 1.59 bits per heavy atom. The molecule has 0 bridgehead atoms. The molecule has 0 saturated carbocycles. The molecular formula is C19H22N2O5S. The lowest BCUT2D eigenvalue weighted by Gasteiger charge is -2.18. The average Bonchev–Trinajstić information content (AvgIpc) is 3.03. The normalized spacial score (nSPS) is 14.5. The van der Waals surface area contributed by atoms with E-state index in [1.54, 1.807) is 34.1 Å². The summed E-state index contributed by atoms with van der Waals surface area (Å²) in [7, 11) is -2.43. The van der Waals surface area contributed by atoms with Gasteiger partial charge in [0.15, 0.2) is 0 Å². The van der Waals surface area contributed by atoms with Crippen molar-refractivity contribution in [3.05, 3.63) is 48.5 Å². The molecule has 0 radical (unpaired) electrons. The molecule has 1 aliphatic heterocycles. The van der Waals surface area contributed by atoms with Crippen LogP contribution in [0.2, 0.25) is 0 Å². The third-order valence-corrected chi connectivity index (χ3v) is 5.55. The van der Waals surface area contributed by atoms with Crippen molar-refractivity contribution < 1.29 is 22.1 Å². The van der Waals surface area contributed by atoms with Crippen LogP contribution in [-0.2, 0) is 10.1 Å². The molecule has 1 saturated heterocycles. The van der Waals surface area contributed by atoms with Crippen molar-refractivity contribution in [1.82, 2.24) is 4.90 Å². The summed E-state index contributed by atoms with van der Waals surface area (Å²) in [6.07, 6.45) is 0.902. The van der Waals surface area contributed by atoms with Crippen molar-refractivity contribution in [1.29, 1.82) is 0 Å². The first kappa shape index (κ1) is 19.0. The van der Waals surface area contributed by atoms with Crippen LogP contribution in [0.4, 0.5) is 10.5 Å². The van der Waals surface area contributed by atoms with Gasteiger partial charge < -0.3 is 13.8 Å². The molecule has 0 aliphatic carbocycles. The Bertz CT molecular complexity index is 895. The molecule has 0 aromatic heterocycles. The number of anilines is 1. The number of rotatable bonds is 7. The van der Waals surface area contributed by atoms with Gasteiger partial charge in [-0.05, 0) is 55.0 Å². The van der Waals surface area contributed by atoms with Crippen LogP contribution in [0.1, 0.15) is 13.3 Å². The van der Waals surface area contributed by atoms with Crippen LogP contribution in [0.15, 0.2) is 53.4 Å². The summed E-state index contributed by atoms with van der Waals surface area (Å²) >= 11 is 0. The van der Waals surface area contributed by atoms with Gasteiger partial charge >= 0.3 is 16.1 Å². The van der Waals surface area contributed by atoms with Crippen LogP contribution in [-0.4, -0.2) is 46.1 Å². The number of amides is 2. The third-order valence-electron chi connectivity index (χ3n) is 4.29. The first-order valence-electron chi connectivity index (χ1n) is 8.69. The molecule has 7 nitrogen and oxygen atoms in total. The predicted molar refractivity (Wildman–Crippen MR) is 102 cm³/mol. The zero-order valence-corrected chi connectivity index (χ0v) is 16.1. The van der Waals surface area contributed by atoms with Crippen LogP contribution in [0.3, 0.4) is 0 Å². The summed E-state index contributed by atoms with van der Waals surface area (Å²) < 4.78 is 35.1. The highest BCUT2D eigenvalue weighted by Gasteiger charge is 2.29. The number of benzene rings is 2. The van der Waals surface area contributed by atoms with Gasteiger partial charge in [-0.25, -0.2) is 4.79 Å². The molecule has 0 spiro atoms. The lowest BCUT2D eigenvalue weighted by molar-refractivity contribution is 0.220. The molecule has 2 amide bonds. The van der Waals surface area contributed by atoms with Crippen LogP contribution in [0, 0.1) is 0 Å². The molecule has 1 aliphatic rings. The minimum Gasteiger partial charge on any atom is -0.497 e. The zero-order chi connectivity index (χ0) is 19.4. The fraction of sp³-hybridized carbons (Fsp3) is 0.316. The molecule has 2 aromatic rings. The Hall–Kier alpha value is -2.74. The molecule has 0 atom stereocenters. The highest BCUT2D eigenvalue weighted by atomic mass is 32.2. The lowest BCUT2D eigenvalue weighted by Crippen LogP contribution is -2.32. The maximum Gasteiger partial charge on any atom is 0.339 e. The van der Waals surface area contributed by atoms with Gasteiger partial charge in [0.25, 0.3) is 0 Å². The molecule has 1 fully saturated rings. The van der Waals surface area contributed by atoms with Crippen molar-refractivity contribution in [2.45, 2.75) is 18.2 Å². The van der Waals surface area contributed by atoms with E-state index in [-0.39, 0.29) is 16.7 Å². The Morgan fingerprint density at radius 1 is 0.963 bits per heavy atom. The molecule has 0 N–H and O–H groups in total. The number of nitrogens with zero attached hydrogens (tertiary/aromatic N) is 2. The fourth-order valence-electron chi connectivity index (χ4n) is 2.90. The van der Waals surface area contributed by atoms with Crippen molar-refractivity contribution in [3.8, 4) is 11.5 Å². The maximum atomic E-state index is 12.4. The standard InChI is InChI=1S/C19H22N2O5S/c1-3-12-20-13-14-21(19(20)22)15-4-10-18(11-5-15)27(23,24)26-17-8-6-16(25-2)7-9-17/h4-11H,3,12-14H2,1-2H3. The largest absolute Gasteiger partial charge is 0.497 e. The van der Waals surface area contributed by atoms with E-state index in [0.717, 1.165) is 13.0 Å². The van der Waals surface area contributed by atoms with Crippen LogP contribution >= 0.6 is 0 Å². The predicted octanol–water partition coefficient (Wildman–Crippen LogP) is 3.11. The Morgan fingerprint density at radius 3 is 2.19 bits per heavy atom. The number of carbonyl (C=O) groups is 1. The molecule has 144 valence electrons. The second-order valence-electron chi connectivity index (χ2n) is 6.13. The number of carbonyl (C=O) groups excluding carboxylic acids is 1. The minimum absolute atomic E-state index is 0.0270. The fourth-order valence-corrected chi connectivity index (χ4v) is 3.83. The van der Waals surface area contributed by atoms with Gasteiger partial charge in [-0.3, -0.25) is 4.90 Å². The van der Waals surface area contributed by atoms with Crippen molar-refractivity contribution >= 4 is 21.8 Å². The summed E-state index contributed by atoms with van der Waals surface area (Å²) in [4.78, 5) is 15.8. The lowest BCUT2D eigenvalue weighted by atomic mass is 10.3. The molecule has 27 heavy (non-hydrogen) atoms. The van der Waals surface area contributed by atoms with Crippen LogP contribution in [0.25, 0.3) is 0 Å². The topological polar surface area (TPSA) is 76.2 Å². The van der Waals surface area contributed by atoms with E-state index in [1.807, 2.05) is 6.92 Å². The average molecular weight is 390 g/mol. The first-order chi connectivity index (χ1) is 12.9. The Balaban J connectivity index is 1.73. The first-order valence-corrected chi connectivity index (χ1v) is 10.1. The molecule has 8 heteroatoms. The molecule has 0 unspecified atom stereocenters. The molecular weight excluding hydrogens is 368 g/mol. The summed E-state index contributed by atoms with van der Waals surface area (Å²) in [6, 6.07) is 12.4. The van der Waals surface area contributed by atoms with E-state index in [9.17, 15) is 13.2 Å². The second-order valence-corrected chi connectivity index (χ2v) is 7.67. The van der Waals surface area contributed by atoms with Crippen molar-refractivity contribution in [3.63, 3.8) is 0 Å². The SMILES string of the molecule is CCCN1CCN(c2ccc(S(=O)(=O)Oc3ccc(OC)cc3)cc2)C1=O. The van der Waals surface area contributed by atoms with Crippen molar-refractivity contribution in [2.75, 3.05) is 31.6 Å². The van der Waals surface area contributed by atoms with Gasteiger partial charge in [0, 0.05) is 25.3 Å². The van der Waals surface area contributed by atoms with Gasteiger partial charge in [0.05, 0.1) is 7.11 Å². The molecule has 3 rings (SSSR count). The number of urea groups is 1. The van der Waals surface area contributed by atoms with E-state index >= 15 is 0 Å². The number of ether oxygens (including phenoxy) is 1. The number of hydrogen-bond acceptors (Lipinski definition) is 5. The third kappa shape index (κ3) is 4.16. The highest BCUT2D eigenvalue weighted by molar-refractivity contribution is 7.87. The number of methoxy groups -OCH3 is 1. The van der Waals surface area contributed by atoms with Crippen LogP contribution < -0.4 is 13.8 Å². The van der Waals surface area contributed by atoms with E-state index in [0.29, 0.717) is 24.5 Å². The van der Waals surface area contributed by atoms with E-state index < -0.39 is 10.1 Å². The minimum atomic E-state index is -3.96. The summed E-state index contributed by atoms with van der Waals surface area (Å²) in [5.74, 6) is 0.807. The maximum absolute atomic E-state index is 12.4. The van der Waals surface area contributed by atoms with E-state index in [1.165, 1.54) is 31.4 Å². The monoisotopic (exact) mass is 390 g/mol. The molecule has 1 heterocycles. The summed E-state index contributed by atoms with van der Waals surface area (Å²) in [5.41, 5.74) is 0.669. The Labute approximate surface area is 159 Å². The quantitative estimate of drug-likeness (QED) is 0.679.